The smallest absolute Gasteiger partial charge is 0.167 e. The molecule has 0 radical (unpaired) electrons. The van der Waals surface area contributed by atoms with Gasteiger partial charge in [0.05, 0.1) is 6.10 Å². The van der Waals surface area contributed by atoms with Crippen LogP contribution in [0.5, 0.6) is 11.5 Å². The predicted molar refractivity (Wildman–Crippen MR) is 52.7 cm³/mol. The first-order valence-electron chi connectivity index (χ1n) is 5.04. The van der Waals surface area contributed by atoms with Crippen LogP contribution in [0, 0.1) is 11.6 Å². The molecule has 1 unspecified atom stereocenters. The highest BCUT2D eigenvalue weighted by molar-refractivity contribution is 5.49. The minimum absolute atomic E-state index is 0.00468. The molecule has 1 aliphatic heterocycles. The third kappa shape index (κ3) is 1.95. The van der Waals surface area contributed by atoms with Gasteiger partial charge >= 0.3 is 0 Å². The summed E-state index contributed by atoms with van der Waals surface area (Å²) in [5.41, 5.74) is 0.0321. The minimum atomic E-state index is -0.986. The molecule has 1 aliphatic rings. The largest absolute Gasteiger partial charge is 0.486 e. The summed E-state index contributed by atoms with van der Waals surface area (Å²) in [5, 5.41) is 9.24. The molecule has 1 aromatic rings. The van der Waals surface area contributed by atoms with Crippen molar-refractivity contribution in [2.45, 2.75) is 19.4 Å². The number of rotatable bonds is 2. The van der Waals surface area contributed by atoms with Gasteiger partial charge in [0, 0.05) is 18.1 Å². The van der Waals surface area contributed by atoms with E-state index in [0.29, 0.717) is 13.2 Å². The number of benzene rings is 1. The van der Waals surface area contributed by atoms with Crippen LogP contribution < -0.4 is 9.47 Å². The molecule has 1 aromatic carbocycles. The molecule has 1 N–H and O–H groups in total. The van der Waals surface area contributed by atoms with Crippen LogP contribution in [0.4, 0.5) is 8.78 Å². The maximum absolute atomic E-state index is 13.5. The van der Waals surface area contributed by atoms with Crippen LogP contribution in [0.2, 0.25) is 0 Å². The van der Waals surface area contributed by atoms with Crippen LogP contribution in [0.3, 0.4) is 0 Å². The molecule has 2 rings (SSSR count). The van der Waals surface area contributed by atoms with Crippen molar-refractivity contribution in [3.8, 4) is 11.5 Å². The van der Waals surface area contributed by atoms with Gasteiger partial charge in [-0.25, -0.2) is 8.78 Å². The van der Waals surface area contributed by atoms with Gasteiger partial charge in [0.2, 0.25) is 0 Å². The van der Waals surface area contributed by atoms with Gasteiger partial charge in [0.25, 0.3) is 0 Å². The Balaban J connectivity index is 2.50. The number of ether oxygens (including phenoxy) is 2. The van der Waals surface area contributed by atoms with Crippen LogP contribution in [-0.2, 0) is 6.42 Å². The summed E-state index contributed by atoms with van der Waals surface area (Å²) < 4.78 is 37.2. The van der Waals surface area contributed by atoms with Crippen LogP contribution in [0.25, 0.3) is 0 Å². The lowest BCUT2D eigenvalue weighted by Gasteiger charge is -2.22. The summed E-state index contributed by atoms with van der Waals surface area (Å²) in [4.78, 5) is 0. The van der Waals surface area contributed by atoms with Gasteiger partial charge in [0.1, 0.15) is 13.2 Å². The second-order valence-electron chi connectivity index (χ2n) is 3.73. The zero-order chi connectivity index (χ0) is 11.7. The molecular formula is C11H12F2O3. The second-order valence-corrected chi connectivity index (χ2v) is 3.73. The van der Waals surface area contributed by atoms with Gasteiger partial charge < -0.3 is 14.6 Å². The normalized spacial score (nSPS) is 16.0. The molecule has 0 spiro atoms. The first-order chi connectivity index (χ1) is 7.59. The maximum Gasteiger partial charge on any atom is 0.167 e. The van der Waals surface area contributed by atoms with Gasteiger partial charge in [-0.2, -0.15) is 0 Å². The molecule has 0 bridgehead atoms. The van der Waals surface area contributed by atoms with E-state index >= 15 is 0 Å². The lowest BCUT2D eigenvalue weighted by atomic mass is 10.1. The fraction of sp³-hybridized carbons (Fsp3) is 0.455. The van der Waals surface area contributed by atoms with Gasteiger partial charge in [-0.1, -0.05) is 0 Å². The zero-order valence-electron chi connectivity index (χ0n) is 8.80. The van der Waals surface area contributed by atoms with E-state index in [1.54, 1.807) is 0 Å². The Morgan fingerprint density at radius 3 is 2.75 bits per heavy atom. The minimum Gasteiger partial charge on any atom is -0.486 e. The van der Waals surface area contributed by atoms with Crippen molar-refractivity contribution in [3.05, 3.63) is 23.3 Å². The van der Waals surface area contributed by atoms with E-state index < -0.39 is 17.7 Å². The van der Waals surface area contributed by atoms with Gasteiger partial charge in [-0.15, -0.1) is 0 Å². The Morgan fingerprint density at radius 2 is 2.06 bits per heavy atom. The lowest BCUT2D eigenvalue weighted by molar-refractivity contribution is 0.160. The van der Waals surface area contributed by atoms with E-state index in [-0.39, 0.29) is 23.5 Å². The molecule has 0 amide bonds. The Hall–Kier alpha value is -1.36. The fourth-order valence-electron chi connectivity index (χ4n) is 1.68. The van der Waals surface area contributed by atoms with E-state index in [0.717, 1.165) is 6.07 Å². The highest BCUT2D eigenvalue weighted by atomic mass is 19.2. The molecule has 16 heavy (non-hydrogen) atoms. The van der Waals surface area contributed by atoms with E-state index in [2.05, 4.69) is 0 Å². The average Bonchev–Trinajstić information content (AvgIpc) is 2.24. The van der Waals surface area contributed by atoms with Crippen LogP contribution >= 0.6 is 0 Å². The summed E-state index contributed by atoms with van der Waals surface area (Å²) in [5.74, 6) is -1.57. The molecule has 0 aliphatic carbocycles. The van der Waals surface area contributed by atoms with Crippen LogP contribution in [0.1, 0.15) is 12.5 Å². The van der Waals surface area contributed by atoms with E-state index in [4.69, 9.17) is 9.47 Å². The number of hydrogen-bond acceptors (Lipinski definition) is 3. The number of fused-ring (bicyclic) bond motifs is 1. The molecule has 5 heteroatoms. The SMILES string of the molecule is CC(O)Cc1c(F)c(F)cc2c1OCCO2. The number of hydrogen-bond donors (Lipinski definition) is 1. The van der Waals surface area contributed by atoms with Gasteiger partial charge in [-0.3, -0.25) is 0 Å². The topological polar surface area (TPSA) is 38.7 Å². The second kappa shape index (κ2) is 4.25. The first-order valence-corrected chi connectivity index (χ1v) is 5.04. The Morgan fingerprint density at radius 1 is 1.38 bits per heavy atom. The van der Waals surface area contributed by atoms with Crippen molar-refractivity contribution >= 4 is 0 Å². The van der Waals surface area contributed by atoms with E-state index in [9.17, 15) is 13.9 Å². The molecule has 3 nitrogen and oxygen atoms in total. The lowest BCUT2D eigenvalue weighted by Crippen LogP contribution is -2.19. The Bertz CT molecular complexity index is 405. The van der Waals surface area contributed by atoms with Crippen LogP contribution in [-0.4, -0.2) is 24.4 Å². The molecule has 0 aromatic heterocycles. The summed E-state index contributed by atoms with van der Waals surface area (Å²) in [6, 6.07) is 0.968. The van der Waals surface area contributed by atoms with Crippen molar-refractivity contribution in [2.24, 2.45) is 0 Å². The quantitative estimate of drug-likeness (QED) is 0.839. The Kier molecular flexibility index (Phi) is 2.96. The Labute approximate surface area is 91.6 Å². The third-order valence-corrected chi connectivity index (χ3v) is 2.32. The third-order valence-electron chi connectivity index (χ3n) is 2.32. The van der Waals surface area contributed by atoms with Gasteiger partial charge in [-0.05, 0) is 6.92 Å². The molecule has 0 fully saturated rings. The first kappa shape index (κ1) is 11.1. The van der Waals surface area contributed by atoms with Crippen molar-refractivity contribution < 1.29 is 23.4 Å². The van der Waals surface area contributed by atoms with Gasteiger partial charge in [0.15, 0.2) is 23.1 Å². The zero-order valence-corrected chi connectivity index (χ0v) is 8.80. The number of halogens is 2. The summed E-state index contributed by atoms with van der Waals surface area (Å²) in [7, 11) is 0. The summed E-state index contributed by atoms with van der Waals surface area (Å²) >= 11 is 0. The monoisotopic (exact) mass is 230 g/mol. The molecule has 1 heterocycles. The molecule has 0 saturated carbocycles. The highest BCUT2D eigenvalue weighted by Crippen LogP contribution is 2.37. The summed E-state index contributed by atoms with van der Waals surface area (Å²) in [6.07, 6.45) is -0.777. The molecular weight excluding hydrogens is 218 g/mol. The van der Waals surface area contributed by atoms with Crippen LogP contribution in [0.15, 0.2) is 6.07 Å². The standard InChI is InChI=1S/C11H12F2O3/c1-6(14)4-7-10(13)8(12)5-9-11(7)16-3-2-15-9/h5-6,14H,2-4H2,1H3. The molecule has 88 valence electrons. The van der Waals surface area contributed by atoms with E-state index in [1.807, 2.05) is 0 Å². The van der Waals surface area contributed by atoms with Crippen molar-refractivity contribution in [3.63, 3.8) is 0 Å². The van der Waals surface area contributed by atoms with Crippen molar-refractivity contribution in [2.75, 3.05) is 13.2 Å². The molecule has 0 saturated heterocycles. The predicted octanol–water partition coefficient (Wildman–Crippen LogP) is 1.66. The average molecular weight is 230 g/mol. The molecule has 1 atom stereocenters. The number of aliphatic hydroxyl groups excluding tert-OH is 1. The number of aliphatic hydroxyl groups is 1. The van der Waals surface area contributed by atoms with Crippen molar-refractivity contribution in [1.29, 1.82) is 0 Å². The maximum atomic E-state index is 13.5. The summed E-state index contributed by atoms with van der Waals surface area (Å²) in [6.45, 7) is 2.11. The van der Waals surface area contributed by atoms with E-state index in [1.165, 1.54) is 6.92 Å². The van der Waals surface area contributed by atoms with Crippen molar-refractivity contribution in [1.82, 2.24) is 0 Å². The highest BCUT2D eigenvalue weighted by Gasteiger charge is 2.24. The fourth-order valence-corrected chi connectivity index (χ4v) is 1.68.